The van der Waals surface area contributed by atoms with Gasteiger partial charge in [-0.25, -0.2) is 0 Å². The summed E-state index contributed by atoms with van der Waals surface area (Å²) in [4.78, 5) is 0. The Morgan fingerprint density at radius 3 is 1.45 bits per heavy atom. The second kappa shape index (κ2) is 20.3. The third-order valence-electron chi connectivity index (χ3n) is 9.41. The van der Waals surface area contributed by atoms with Gasteiger partial charge >= 0.3 is 37.9 Å². The van der Waals surface area contributed by atoms with E-state index in [0.717, 1.165) is 15.9 Å². The van der Waals surface area contributed by atoms with Crippen LogP contribution >= 0.6 is 17.0 Å². The molecule has 6 rings (SSSR count). The molecule has 0 N–H and O–H groups in total. The summed E-state index contributed by atoms with van der Waals surface area (Å²) in [6.45, 7) is 24.7. The van der Waals surface area contributed by atoms with Gasteiger partial charge in [0, 0.05) is 9.52 Å². The third kappa shape index (κ3) is 12.2. The van der Waals surface area contributed by atoms with Crippen molar-refractivity contribution in [1.29, 1.82) is 0 Å². The Labute approximate surface area is 331 Å². The Hall–Kier alpha value is -2.22. The molecule has 0 nitrogen and oxygen atoms in total. The molecule has 0 aromatic heterocycles. The van der Waals surface area contributed by atoms with E-state index in [9.17, 15) is 0 Å². The van der Waals surface area contributed by atoms with Crippen LogP contribution in [0, 0.1) is 0 Å². The van der Waals surface area contributed by atoms with Crippen molar-refractivity contribution in [3.8, 4) is 22.3 Å². The average molecular weight is 813 g/mol. The molecular formula is C47H58Cl2SiZr. The number of fused-ring (bicyclic) bond motifs is 2. The Kier molecular flexibility index (Phi) is 17.2. The van der Waals surface area contributed by atoms with Crippen molar-refractivity contribution >= 4 is 48.1 Å². The van der Waals surface area contributed by atoms with Gasteiger partial charge in [0.1, 0.15) is 0 Å². The molecule has 2 radical (unpaired) electrons. The topological polar surface area (TPSA) is 0 Å². The molecule has 1 atom stereocenters. The summed E-state index contributed by atoms with van der Waals surface area (Å²) in [5.41, 5.74) is 11.4. The Balaban J connectivity index is 0.000000240. The van der Waals surface area contributed by atoms with Crippen molar-refractivity contribution in [1.82, 2.24) is 0 Å². The molecule has 0 fully saturated rings. The van der Waals surface area contributed by atoms with Gasteiger partial charge in [-0.15, -0.1) is 69.1 Å². The maximum atomic E-state index is 4.93. The third-order valence-corrected chi connectivity index (χ3v) is 9.41. The van der Waals surface area contributed by atoms with Crippen LogP contribution in [0.2, 0.25) is 13.1 Å². The fourth-order valence-electron chi connectivity index (χ4n) is 6.45. The van der Waals surface area contributed by atoms with Crippen molar-refractivity contribution in [3.63, 3.8) is 0 Å². The standard InChI is InChI=1S/C24H29.C21H23.C2H6Si.2ClH.Zr/c1-6-8-17(2)20-15-19-9-7-10-22(23(19)16-20)18-11-13-21(14-12-18)24(3,4)5;1-5-15-13-17-7-6-8-19(20(17)14-15)16-9-11-18(12-10-16)21(2,3)4;1-3-2;;;/h7,9-17H,6,8H2,1-5H3;6-14H,5H2,1-4H3;1-2H3;2*1H;/q2*-1;;;;+4/p-2. The summed E-state index contributed by atoms with van der Waals surface area (Å²) in [7, 11) is 11.0. The molecule has 4 heteroatoms. The molecule has 0 saturated heterocycles. The molecule has 0 aliphatic rings. The molecule has 0 bridgehead atoms. The van der Waals surface area contributed by atoms with Crippen molar-refractivity contribution in [2.24, 2.45) is 0 Å². The van der Waals surface area contributed by atoms with Gasteiger partial charge in [-0.2, -0.15) is 12.1 Å². The van der Waals surface area contributed by atoms with Crippen LogP contribution in [0.1, 0.15) is 103 Å². The molecule has 268 valence electrons. The number of rotatable bonds is 6. The van der Waals surface area contributed by atoms with Gasteiger partial charge in [-0.1, -0.05) is 154 Å². The second-order valence-corrected chi connectivity index (χ2v) is 20.3. The molecule has 0 saturated carbocycles. The van der Waals surface area contributed by atoms with E-state index < -0.39 is 20.8 Å². The molecule has 0 aliphatic heterocycles. The molecule has 1 unspecified atom stereocenters. The number of hydrogen-bond acceptors (Lipinski definition) is 0. The van der Waals surface area contributed by atoms with Crippen molar-refractivity contribution < 1.29 is 20.8 Å². The van der Waals surface area contributed by atoms with E-state index in [2.05, 4.69) is 185 Å². The molecule has 51 heavy (non-hydrogen) atoms. The first-order valence-corrected chi connectivity index (χ1v) is 26.7. The van der Waals surface area contributed by atoms with E-state index in [-0.39, 0.29) is 10.8 Å². The van der Waals surface area contributed by atoms with Crippen LogP contribution in [0.4, 0.5) is 0 Å². The molecular weight excluding hydrogens is 755 g/mol. The van der Waals surface area contributed by atoms with Crippen LogP contribution < -0.4 is 0 Å². The van der Waals surface area contributed by atoms with Gasteiger partial charge in [-0.05, 0) is 51.8 Å². The summed E-state index contributed by atoms with van der Waals surface area (Å²) < 4.78 is 0. The van der Waals surface area contributed by atoms with Crippen LogP contribution in [0.3, 0.4) is 0 Å². The van der Waals surface area contributed by atoms with E-state index in [1.54, 1.807) is 0 Å². The van der Waals surface area contributed by atoms with Crippen molar-refractivity contribution in [2.75, 3.05) is 0 Å². The zero-order chi connectivity index (χ0) is 37.8. The molecule has 0 heterocycles. The number of hydrogen-bond donors (Lipinski definition) is 0. The predicted molar refractivity (Wildman–Crippen MR) is 229 cm³/mol. The summed E-state index contributed by atoms with van der Waals surface area (Å²) in [6, 6.07) is 40.8. The second-order valence-electron chi connectivity index (χ2n) is 15.5. The van der Waals surface area contributed by atoms with Gasteiger partial charge in [-0.3, -0.25) is 0 Å². The molecule has 6 aromatic carbocycles. The van der Waals surface area contributed by atoms with Crippen LogP contribution in [0.5, 0.6) is 0 Å². The number of aryl methyl sites for hydroxylation is 1. The summed E-state index contributed by atoms with van der Waals surface area (Å²) >= 11 is -0.826. The summed E-state index contributed by atoms with van der Waals surface area (Å²) in [6.07, 6.45) is 3.59. The van der Waals surface area contributed by atoms with Gasteiger partial charge in [0.05, 0.1) is 0 Å². The fraction of sp³-hybridized carbons (Fsp3) is 0.362. The van der Waals surface area contributed by atoms with Crippen molar-refractivity contribution in [3.05, 3.63) is 131 Å². The normalized spacial score (nSPS) is 11.8. The minimum atomic E-state index is -0.826. The molecule has 0 spiro atoms. The predicted octanol–water partition coefficient (Wildman–Crippen LogP) is 15.7. The number of benzene rings is 4. The van der Waals surface area contributed by atoms with Gasteiger partial charge in [0.15, 0.2) is 0 Å². The average Bonchev–Trinajstić information content (AvgIpc) is 3.74. The minimum absolute atomic E-state index is 0.202. The van der Waals surface area contributed by atoms with E-state index in [1.807, 2.05) is 0 Å². The van der Waals surface area contributed by atoms with Crippen LogP contribution in [-0.2, 0) is 38.1 Å². The summed E-state index contributed by atoms with van der Waals surface area (Å²) in [5.74, 6) is 0.638. The van der Waals surface area contributed by atoms with Gasteiger partial charge < -0.3 is 0 Å². The van der Waals surface area contributed by atoms with Crippen LogP contribution in [0.25, 0.3) is 43.8 Å². The monoisotopic (exact) mass is 810 g/mol. The van der Waals surface area contributed by atoms with E-state index in [4.69, 9.17) is 17.0 Å². The number of halogens is 2. The van der Waals surface area contributed by atoms with E-state index >= 15 is 0 Å². The van der Waals surface area contributed by atoms with E-state index in [1.165, 1.54) is 78.9 Å². The molecule has 0 amide bonds. The first-order chi connectivity index (χ1) is 24.2. The zero-order valence-corrected chi connectivity index (χ0v) is 37.8. The van der Waals surface area contributed by atoms with Crippen LogP contribution in [0.15, 0.2) is 109 Å². The van der Waals surface area contributed by atoms with Gasteiger partial charge in [0.2, 0.25) is 0 Å². The summed E-state index contributed by atoms with van der Waals surface area (Å²) in [5, 5.41) is 5.48. The molecule has 6 aromatic rings. The van der Waals surface area contributed by atoms with Gasteiger partial charge in [0.25, 0.3) is 0 Å². The van der Waals surface area contributed by atoms with E-state index in [0.29, 0.717) is 5.92 Å². The Morgan fingerprint density at radius 2 is 1.06 bits per heavy atom. The first kappa shape index (κ1) is 43.2. The fourth-order valence-corrected chi connectivity index (χ4v) is 6.45. The SMILES string of the molecule is CCCC(C)c1cc2c(-c3ccc(C(C)(C)C)cc3)cccc2[cH-]1.CCc1cc2c(-c3ccc(C(C)(C)C)cc3)cccc2[cH-]1.C[Si]C.[Cl][Zr+2][Cl]. The first-order valence-electron chi connectivity index (χ1n) is 18.4. The van der Waals surface area contributed by atoms with Crippen molar-refractivity contribution in [2.45, 2.75) is 111 Å². The Morgan fingerprint density at radius 1 is 0.647 bits per heavy atom. The quantitative estimate of drug-likeness (QED) is 0.116. The maximum absolute atomic E-state index is 4.93. The van der Waals surface area contributed by atoms with Crippen LogP contribution in [-0.4, -0.2) is 9.52 Å². The molecule has 0 aliphatic carbocycles. The zero-order valence-electron chi connectivity index (χ0n) is 32.8. The Bertz CT molecular complexity index is 1900.